The molecule has 0 atom stereocenters. The second kappa shape index (κ2) is 7.93. The third kappa shape index (κ3) is 5.06. The predicted octanol–water partition coefficient (Wildman–Crippen LogP) is 5.66. The van der Waals surface area contributed by atoms with Gasteiger partial charge in [-0.3, -0.25) is 0 Å². The van der Waals surface area contributed by atoms with Crippen LogP contribution in [-0.2, 0) is 5.92 Å². The number of aryl methyl sites for hydroxylation is 1. The van der Waals surface area contributed by atoms with E-state index in [1.54, 1.807) is 25.1 Å². The molecule has 30 heavy (non-hydrogen) atoms. The lowest BCUT2D eigenvalue weighted by molar-refractivity contribution is 0.0129. The smallest absolute Gasteiger partial charge is 0.286 e. The summed E-state index contributed by atoms with van der Waals surface area (Å²) in [6.07, 6.45) is 2.35. The number of hydrogen-bond acceptors (Lipinski definition) is 5. The van der Waals surface area contributed by atoms with Crippen LogP contribution in [0.5, 0.6) is 0 Å². The number of rotatable bonds is 7. The Labute approximate surface area is 172 Å². The van der Waals surface area contributed by atoms with Gasteiger partial charge >= 0.3 is 0 Å². The van der Waals surface area contributed by atoms with Crippen molar-refractivity contribution in [3.63, 3.8) is 0 Å². The van der Waals surface area contributed by atoms with Crippen LogP contribution in [0.3, 0.4) is 0 Å². The molecule has 0 unspecified atom stereocenters. The first-order chi connectivity index (χ1) is 14.3. The molecule has 1 fully saturated rings. The van der Waals surface area contributed by atoms with Gasteiger partial charge < -0.3 is 10.6 Å². The van der Waals surface area contributed by atoms with Crippen LogP contribution in [0.1, 0.15) is 31.0 Å². The lowest BCUT2D eigenvalue weighted by Gasteiger charge is -2.13. The number of anilines is 3. The Morgan fingerprint density at radius 1 is 1.03 bits per heavy atom. The van der Waals surface area contributed by atoms with Crippen molar-refractivity contribution in [1.82, 2.24) is 15.0 Å². The number of nitrogens with one attached hydrogen (secondary N) is 2. The first-order valence-corrected chi connectivity index (χ1v) is 9.79. The fraction of sp³-hybridized carbons (Fsp3) is 0.318. The maximum atomic E-state index is 13.8. The van der Waals surface area contributed by atoms with Crippen LogP contribution in [0.15, 0.2) is 42.5 Å². The first-order valence-electron chi connectivity index (χ1n) is 9.79. The molecule has 0 bridgehead atoms. The summed E-state index contributed by atoms with van der Waals surface area (Å²) < 4.78 is 41.2. The molecule has 3 aromatic rings. The summed E-state index contributed by atoms with van der Waals surface area (Å²) in [4.78, 5) is 12.9. The van der Waals surface area contributed by atoms with Crippen molar-refractivity contribution in [2.75, 3.05) is 17.2 Å². The molecule has 4 rings (SSSR count). The molecular formula is C22H22F3N5. The van der Waals surface area contributed by atoms with Gasteiger partial charge in [0, 0.05) is 25.2 Å². The van der Waals surface area contributed by atoms with E-state index in [-0.39, 0.29) is 23.0 Å². The Bertz CT molecular complexity index is 1040. The summed E-state index contributed by atoms with van der Waals surface area (Å²) >= 11 is 0. The Hall–Kier alpha value is -3.16. The van der Waals surface area contributed by atoms with Crippen LogP contribution in [0.2, 0.25) is 0 Å². The Morgan fingerprint density at radius 2 is 1.80 bits per heavy atom. The van der Waals surface area contributed by atoms with Gasteiger partial charge in [0.1, 0.15) is 28.8 Å². The van der Waals surface area contributed by atoms with Crippen LogP contribution < -0.4 is 10.6 Å². The molecule has 2 aromatic heterocycles. The van der Waals surface area contributed by atoms with E-state index in [0.29, 0.717) is 23.2 Å². The molecule has 5 nitrogen and oxygen atoms in total. The standard InChI is InChI=1S/C22H22F3N5/c1-13-8-15(23)10-16(9-13)27-20-11-19(26-12-14-6-7-14)29-21(30-20)17-4-3-5-18(28-17)22(2,24)25/h3-5,8-11,14H,6-7,12H2,1-2H3,(H2,26,27,29,30). The lowest BCUT2D eigenvalue weighted by atomic mass is 10.2. The Balaban J connectivity index is 1.70. The zero-order valence-electron chi connectivity index (χ0n) is 16.7. The summed E-state index contributed by atoms with van der Waals surface area (Å²) in [7, 11) is 0. The van der Waals surface area contributed by atoms with Crippen molar-refractivity contribution in [3.05, 3.63) is 59.5 Å². The molecule has 0 saturated heterocycles. The van der Waals surface area contributed by atoms with Gasteiger partial charge in [0.05, 0.1) is 0 Å². The van der Waals surface area contributed by atoms with E-state index in [0.717, 1.165) is 19.0 Å². The van der Waals surface area contributed by atoms with E-state index in [2.05, 4.69) is 25.6 Å². The summed E-state index contributed by atoms with van der Waals surface area (Å²) in [5.74, 6) is -1.64. The highest BCUT2D eigenvalue weighted by atomic mass is 19.3. The fourth-order valence-electron chi connectivity index (χ4n) is 3.05. The third-order valence-electron chi connectivity index (χ3n) is 4.74. The summed E-state index contributed by atoms with van der Waals surface area (Å²) in [5.41, 5.74) is 1.18. The van der Waals surface area contributed by atoms with Crippen LogP contribution in [0.25, 0.3) is 11.5 Å². The number of halogens is 3. The molecule has 0 spiro atoms. The van der Waals surface area contributed by atoms with Crippen molar-refractivity contribution in [3.8, 4) is 11.5 Å². The topological polar surface area (TPSA) is 62.7 Å². The Morgan fingerprint density at radius 3 is 2.50 bits per heavy atom. The van der Waals surface area contributed by atoms with E-state index < -0.39 is 5.92 Å². The van der Waals surface area contributed by atoms with Gasteiger partial charge in [-0.25, -0.2) is 19.3 Å². The summed E-state index contributed by atoms with van der Waals surface area (Å²) in [5, 5.41) is 6.35. The minimum Gasteiger partial charge on any atom is -0.370 e. The first kappa shape index (κ1) is 20.1. The van der Waals surface area contributed by atoms with Gasteiger partial charge in [-0.05, 0) is 61.6 Å². The third-order valence-corrected chi connectivity index (χ3v) is 4.74. The van der Waals surface area contributed by atoms with Gasteiger partial charge in [-0.1, -0.05) is 6.07 Å². The molecule has 156 valence electrons. The number of benzene rings is 1. The van der Waals surface area contributed by atoms with Crippen LogP contribution >= 0.6 is 0 Å². The van der Waals surface area contributed by atoms with E-state index in [1.807, 2.05) is 0 Å². The Kier molecular flexibility index (Phi) is 5.32. The zero-order valence-corrected chi connectivity index (χ0v) is 16.7. The summed E-state index contributed by atoms with van der Waals surface area (Å²) in [6, 6.07) is 10.7. The minimum absolute atomic E-state index is 0.206. The number of nitrogens with zero attached hydrogens (tertiary/aromatic N) is 3. The van der Waals surface area contributed by atoms with Crippen LogP contribution in [-0.4, -0.2) is 21.5 Å². The lowest BCUT2D eigenvalue weighted by Crippen LogP contribution is -2.11. The molecule has 1 saturated carbocycles. The quantitative estimate of drug-likeness (QED) is 0.523. The van der Waals surface area contributed by atoms with Crippen molar-refractivity contribution >= 4 is 17.3 Å². The highest BCUT2D eigenvalue weighted by molar-refractivity contribution is 5.64. The van der Waals surface area contributed by atoms with E-state index in [9.17, 15) is 13.2 Å². The van der Waals surface area contributed by atoms with Crippen molar-refractivity contribution < 1.29 is 13.2 Å². The van der Waals surface area contributed by atoms with Gasteiger partial charge in [-0.15, -0.1) is 0 Å². The fourth-order valence-corrected chi connectivity index (χ4v) is 3.05. The highest BCUT2D eigenvalue weighted by Gasteiger charge is 2.27. The molecule has 0 aliphatic heterocycles. The molecular weight excluding hydrogens is 391 g/mol. The predicted molar refractivity (Wildman–Crippen MR) is 110 cm³/mol. The second-order valence-corrected chi connectivity index (χ2v) is 7.73. The molecule has 0 amide bonds. The zero-order chi connectivity index (χ0) is 21.3. The van der Waals surface area contributed by atoms with Crippen LogP contribution in [0, 0.1) is 18.7 Å². The average molecular weight is 413 g/mol. The minimum atomic E-state index is -3.07. The average Bonchev–Trinajstić information content (AvgIpc) is 3.49. The van der Waals surface area contributed by atoms with E-state index in [1.165, 1.54) is 37.1 Å². The molecule has 2 N–H and O–H groups in total. The maximum absolute atomic E-state index is 13.8. The van der Waals surface area contributed by atoms with Crippen LogP contribution in [0.4, 0.5) is 30.5 Å². The molecule has 1 aliphatic rings. The number of aromatic nitrogens is 3. The maximum Gasteiger partial charge on any atom is 0.286 e. The molecule has 1 aromatic carbocycles. The molecule has 2 heterocycles. The largest absolute Gasteiger partial charge is 0.370 e. The molecule has 8 heteroatoms. The number of pyridine rings is 1. The van der Waals surface area contributed by atoms with Gasteiger partial charge in [-0.2, -0.15) is 8.78 Å². The number of hydrogen-bond donors (Lipinski definition) is 2. The molecule has 1 aliphatic carbocycles. The SMILES string of the molecule is Cc1cc(F)cc(Nc2cc(NCC3CC3)nc(-c3cccc(C(C)(F)F)n3)n2)c1. The highest BCUT2D eigenvalue weighted by Crippen LogP contribution is 2.30. The monoisotopic (exact) mass is 413 g/mol. The second-order valence-electron chi connectivity index (χ2n) is 7.73. The van der Waals surface area contributed by atoms with Crippen molar-refractivity contribution in [2.45, 2.75) is 32.6 Å². The summed E-state index contributed by atoms with van der Waals surface area (Å²) in [6.45, 7) is 3.37. The van der Waals surface area contributed by atoms with Gasteiger partial charge in [0.25, 0.3) is 5.92 Å². The van der Waals surface area contributed by atoms with Gasteiger partial charge in [0.2, 0.25) is 0 Å². The van der Waals surface area contributed by atoms with E-state index >= 15 is 0 Å². The normalized spacial score (nSPS) is 13.9. The van der Waals surface area contributed by atoms with E-state index in [4.69, 9.17) is 0 Å². The number of alkyl halides is 2. The molecule has 0 radical (unpaired) electrons. The van der Waals surface area contributed by atoms with Gasteiger partial charge in [0.15, 0.2) is 5.82 Å². The van der Waals surface area contributed by atoms with Crippen molar-refractivity contribution in [2.24, 2.45) is 5.92 Å². The van der Waals surface area contributed by atoms with Crippen molar-refractivity contribution in [1.29, 1.82) is 0 Å².